The highest BCUT2D eigenvalue weighted by Gasteiger charge is 2.43. The van der Waals surface area contributed by atoms with Crippen molar-refractivity contribution < 1.29 is 0 Å². The average molecular weight is 263 g/mol. The molecule has 1 N–H and O–H groups in total. The van der Waals surface area contributed by atoms with Crippen LogP contribution in [0.2, 0.25) is 0 Å². The van der Waals surface area contributed by atoms with E-state index < -0.39 is 0 Å². The van der Waals surface area contributed by atoms with Gasteiger partial charge >= 0.3 is 0 Å². The Bertz CT molecular complexity index is 355. The van der Waals surface area contributed by atoms with Gasteiger partial charge in [0.2, 0.25) is 0 Å². The lowest BCUT2D eigenvalue weighted by atomic mass is 9.78. The van der Waals surface area contributed by atoms with Gasteiger partial charge in [0.15, 0.2) is 0 Å². The first kappa shape index (κ1) is 14.8. The molecular weight excluding hydrogens is 234 g/mol. The fraction of sp³-hybridized carbons (Fsp3) is 0.938. The molecule has 1 saturated heterocycles. The molecule has 3 heteroatoms. The lowest BCUT2D eigenvalue weighted by Crippen LogP contribution is -2.56. The van der Waals surface area contributed by atoms with Gasteiger partial charge in [-0.25, -0.2) is 0 Å². The first-order valence-corrected chi connectivity index (χ1v) is 7.84. The van der Waals surface area contributed by atoms with Crippen LogP contribution in [0.25, 0.3) is 0 Å². The normalized spacial score (nSPS) is 35.5. The molecular formula is C16H29N3. The molecule has 0 aromatic carbocycles. The molecule has 2 fully saturated rings. The lowest BCUT2D eigenvalue weighted by Gasteiger charge is -2.45. The zero-order chi connectivity index (χ0) is 14.1. The summed E-state index contributed by atoms with van der Waals surface area (Å²) in [5.74, 6) is 0. The van der Waals surface area contributed by atoms with Crippen LogP contribution in [0.1, 0.15) is 66.2 Å². The summed E-state index contributed by atoms with van der Waals surface area (Å²) in [6, 6.07) is 3.55. The highest BCUT2D eigenvalue weighted by atomic mass is 15.2. The molecule has 0 bridgehead atoms. The van der Waals surface area contributed by atoms with Crippen molar-refractivity contribution in [3.63, 3.8) is 0 Å². The Kier molecular flexibility index (Phi) is 4.23. The predicted molar refractivity (Wildman–Crippen MR) is 78.9 cm³/mol. The minimum atomic E-state index is -0.296. The third kappa shape index (κ3) is 3.12. The SMILES string of the molecule is CC(C)NC1(C#N)CCCC(N2CCCC2(C)C)C1. The zero-order valence-electron chi connectivity index (χ0n) is 13.0. The molecule has 19 heavy (non-hydrogen) atoms. The molecule has 2 rings (SSSR count). The third-order valence-corrected chi connectivity index (χ3v) is 4.91. The van der Waals surface area contributed by atoms with E-state index in [2.05, 4.69) is 44.0 Å². The van der Waals surface area contributed by atoms with Crippen molar-refractivity contribution in [2.24, 2.45) is 0 Å². The smallest absolute Gasteiger partial charge is 0.108 e. The van der Waals surface area contributed by atoms with E-state index in [4.69, 9.17) is 0 Å². The number of rotatable bonds is 3. The average Bonchev–Trinajstić information content (AvgIpc) is 2.68. The van der Waals surface area contributed by atoms with Crippen LogP contribution in [0, 0.1) is 11.3 Å². The van der Waals surface area contributed by atoms with Gasteiger partial charge in [0, 0.05) is 17.6 Å². The lowest BCUT2D eigenvalue weighted by molar-refractivity contribution is 0.0657. The number of nitrogens with zero attached hydrogens (tertiary/aromatic N) is 2. The Hall–Kier alpha value is -0.590. The van der Waals surface area contributed by atoms with Crippen LogP contribution >= 0.6 is 0 Å². The van der Waals surface area contributed by atoms with Crippen molar-refractivity contribution in [2.45, 2.75) is 89.4 Å². The van der Waals surface area contributed by atoms with Crippen LogP contribution in [0.3, 0.4) is 0 Å². The Balaban J connectivity index is 2.10. The molecule has 0 amide bonds. The van der Waals surface area contributed by atoms with Gasteiger partial charge in [-0.1, -0.05) is 0 Å². The number of nitriles is 1. The molecule has 2 atom stereocenters. The molecule has 1 saturated carbocycles. The third-order valence-electron chi connectivity index (χ3n) is 4.91. The van der Waals surface area contributed by atoms with E-state index in [0.717, 1.165) is 12.8 Å². The van der Waals surface area contributed by atoms with Gasteiger partial charge in [0.1, 0.15) is 5.54 Å². The Morgan fingerprint density at radius 2 is 2.00 bits per heavy atom. The first-order chi connectivity index (χ1) is 8.88. The summed E-state index contributed by atoms with van der Waals surface area (Å²) < 4.78 is 0. The fourth-order valence-electron chi connectivity index (χ4n) is 4.13. The van der Waals surface area contributed by atoms with Gasteiger partial charge in [-0.2, -0.15) is 5.26 Å². The summed E-state index contributed by atoms with van der Waals surface area (Å²) in [4.78, 5) is 2.67. The van der Waals surface area contributed by atoms with Crippen molar-refractivity contribution in [1.29, 1.82) is 5.26 Å². The fourth-order valence-corrected chi connectivity index (χ4v) is 4.13. The van der Waals surface area contributed by atoms with E-state index in [1.54, 1.807) is 0 Å². The monoisotopic (exact) mass is 263 g/mol. The first-order valence-electron chi connectivity index (χ1n) is 7.84. The van der Waals surface area contributed by atoms with Gasteiger partial charge in [0.25, 0.3) is 0 Å². The van der Waals surface area contributed by atoms with Gasteiger partial charge in [-0.3, -0.25) is 10.2 Å². The predicted octanol–water partition coefficient (Wildman–Crippen LogP) is 3.06. The molecule has 0 spiro atoms. The summed E-state index contributed by atoms with van der Waals surface area (Å²) in [6.45, 7) is 10.2. The minimum Gasteiger partial charge on any atom is -0.297 e. The maximum atomic E-state index is 9.65. The van der Waals surface area contributed by atoms with Crippen LogP contribution in [0.5, 0.6) is 0 Å². The highest BCUT2D eigenvalue weighted by Crippen LogP contribution is 2.38. The molecule has 0 aromatic rings. The molecule has 0 aromatic heterocycles. The molecule has 1 heterocycles. The second kappa shape index (κ2) is 5.42. The van der Waals surface area contributed by atoms with E-state index in [1.165, 1.54) is 32.2 Å². The Morgan fingerprint density at radius 3 is 2.53 bits per heavy atom. The van der Waals surface area contributed by atoms with Crippen molar-refractivity contribution in [3.8, 4) is 6.07 Å². The number of nitrogens with one attached hydrogen (secondary N) is 1. The van der Waals surface area contributed by atoms with E-state index in [9.17, 15) is 5.26 Å². The maximum Gasteiger partial charge on any atom is 0.108 e. The molecule has 1 aliphatic heterocycles. The molecule has 2 unspecified atom stereocenters. The summed E-state index contributed by atoms with van der Waals surface area (Å²) in [5.41, 5.74) is 0.0246. The summed E-state index contributed by atoms with van der Waals surface area (Å²) in [5, 5.41) is 13.2. The van der Waals surface area contributed by atoms with Crippen molar-refractivity contribution in [2.75, 3.05) is 6.54 Å². The summed E-state index contributed by atoms with van der Waals surface area (Å²) in [6.07, 6.45) is 7.02. The van der Waals surface area contributed by atoms with E-state index >= 15 is 0 Å². The van der Waals surface area contributed by atoms with Gasteiger partial charge < -0.3 is 0 Å². The molecule has 2 aliphatic rings. The van der Waals surface area contributed by atoms with E-state index in [0.29, 0.717) is 17.6 Å². The molecule has 3 nitrogen and oxygen atoms in total. The van der Waals surface area contributed by atoms with Crippen LogP contribution in [0.4, 0.5) is 0 Å². The zero-order valence-corrected chi connectivity index (χ0v) is 13.0. The van der Waals surface area contributed by atoms with Crippen LogP contribution in [0.15, 0.2) is 0 Å². The number of hydrogen-bond acceptors (Lipinski definition) is 3. The molecule has 1 aliphatic carbocycles. The maximum absolute atomic E-state index is 9.65. The second-order valence-electron chi connectivity index (χ2n) is 7.35. The minimum absolute atomic E-state index is 0.296. The summed E-state index contributed by atoms with van der Waals surface area (Å²) in [7, 11) is 0. The van der Waals surface area contributed by atoms with E-state index in [-0.39, 0.29) is 5.54 Å². The van der Waals surface area contributed by atoms with Crippen LogP contribution < -0.4 is 5.32 Å². The standard InChI is InChI=1S/C16H29N3/c1-13(2)18-16(12-17)9-5-7-14(11-16)19-10-6-8-15(19,3)4/h13-14,18H,5-11H2,1-4H3. The van der Waals surface area contributed by atoms with Gasteiger partial charge in [0.05, 0.1) is 6.07 Å². The quantitative estimate of drug-likeness (QED) is 0.850. The van der Waals surface area contributed by atoms with Crippen molar-refractivity contribution in [1.82, 2.24) is 10.2 Å². The Labute approximate surface area is 118 Å². The second-order valence-corrected chi connectivity index (χ2v) is 7.35. The van der Waals surface area contributed by atoms with Crippen LogP contribution in [-0.2, 0) is 0 Å². The topological polar surface area (TPSA) is 39.1 Å². The van der Waals surface area contributed by atoms with Gasteiger partial charge in [-0.15, -0.1) is 0 Å². The molecule has 108 valence electrons. The molecule has 0 radical (unpaired) electrons. The number of hydrogen-bond donors (Lipinski definition) is 1. The number of likely N-dealkylation sites (tertiary alicyclic amines) is 1. The largest absolute Gasteiger partial charge is 0.297 e. The van der Waals surface area contributed by atoms with Crippen molar-refractivity contribution >= 4 is 0 Å². The van der Waals surface area contributed by atoms with E-state index in [1.807, 2.05) is 0 Å². The highest BCUT2D eigenvalue weighted by molar-refractivity contribution is 5.12. The van der Waals surface area contributed by atoms with Crippen LogP contribution in [-0.4, -0.2) is 34.6 Å². The Morgan fingerprint density at radius 1 is 1.26 bits per heavy atom. The van der Waals surface area contributed by atoms with Gasteiger partial charge in [-0.05, 0) is 72.8 Å². The van der Waals surface area contributed by atoms with Crippen molar-refractivity contribution in [3.05, 3.63) is 0 Å². The summed E-state index contributed by atoms with van der Waals surface area (Å²) >= 11 is 0.